The SMILES string of the molecule is CC(C)(C)c1ccc2c(c1)B1c3cc4c(cc3N(c3ccc5c(c3)C(C)(C)CCC5(C)C)c3cc(N5c6ccc(C(C)(C)C)cc6C6(C)CCc7ccccc7C56C)cc(c31)N2c1ccc(C(C)(C)C)cc1-c1ccccc1)C(C)(C)CCC4(C)C. The van der Waals surface area contributed by atoms with E-state index in [1.807, 2.05) is 0 Å². The molecule has 2 unspecified atom stereocenters. The van der Waals surface area contributed by atoms with E-state index in [2.05, 4.69) is 298 Å². The summed E-state index contributed by atoms with van der Waals surface area (Å²) in [4.78, 5) is 8.37. The first-order chi connectivity index (χ1) is 40.2. The molecule has 3 aliphatic carbocycles. The van der Waals surface area contributed by atoms with Gasteiger partial charge in [0.2, 0.25) is 0 Å². The first-order valence-electron chi connectivity index (χ1n) is 32.7. The zero-order valence-corrected chi connectivity index (χ0v) is 55.6. The normalized spacial score (nSPS) is 21.8. The van der Waals surface area contributed by atoms with E-state index >= 15 is 0 Å². The van der Waals surface area contributed by atoms with Crippen LogP contribution in [0.25, 0.3) is 11.1 Å². The highest BCUT2D eigenvalue weighted by Crippen LogP contribution is 2.65. The average molecular weight is 1130 g/mol. The number of hydrogen-bond donors (Lipinski definition) is 0. The lowest BCUT2D eigenvalue weighted by atomic mass is 9.33. The summed E-state index contributed by atoms with van der Waals surface area (Å²) in [5, 5.41) is 0. The number of anilines is 8. The fraction of sp³-hybridized carbons (Fsp3) is 0.415. The van der Waals surface area contributed by atoms with Gasteiger partial charge in [0.25, 0.3) is 6.71 Å². The quantitative estimate of drug-likeness (QED) is 0.163. The Bertz CT molecular complexity index is 4130. The fourth-order valence-corrected chi connectivity index (χ4v) is 17.1. The second-order valence-corrected chi connectivity index (χ2v) is 33.5. The second-order valence-electron chi connectivity index (χ2n) is 33.5. The van der Waals surface area contributed by atoms with Crippen LogP contribution in [0.1, 0.15) is 219 Å². The van der Waals surface area contributed by atoms with E-state index in [4.69, 9.17) is 0 Å². The van der Waals surface area contributed by atoms with E-state index in [-0.39, 0.29) is 50.0 Å². The van der Waals surface area contributed by atoms with Gasteiger partial charge in [0.1, 0.15) is 0 Å². The molecular formula is C82H94BN3. The van der Waals surface area contributed by atoms with E-state index in [1.165, 1.54) is 135 Å². The molecule has 0 N–H and O–H groups in total. The van der Waals surface area contributed by atoms with Crippen LogP contribution in [0.15, 0.2) is 152 Å². The highest BCUT2D eigenvalue weighted by Gasteiger charge is 2.61. The Morgan fingerprint density at radius 2 is 0.872 bits per heavy atom. The fourth-order valence-electron chi connectivity index (χ4n) is 17.1. The Balaban J connectivity index is 1.17. The van der Waals surface area contributed by atoms with Crippen LogP contribution in [0.4, 0.5) is 45.5 Å². The van der Waals surface area contributed by atoms with Crippen LogP contribution in [-0.4, -0.2) is 6.71 Å². The molecule has 3 aliphatic heterocycles. The Kier molecular flexibility index (Phi) is 12.2. The second kappa shape index (κ2) is 18.4. The van der Waals surface area contributed by atoms with Gasteiger partial charge in [-0.15, -0.1) is 0 Å². The molecule has 0 saturated heterocycles. The predicted octanol–water partition coefficient (Wildman–Crippen LogP) is 20.3. The predicted molar refractivity (Wildman–Crippen MR) is 371 cm³/mol. The standard InChI is InChI=1S/C82H94BN3/c1-74(2,3)53-29-34-67(58(43-53)51-25-21-20-22-26-51)85-69-36-31-55(76(7,8)9)45-65(69)83-66-49-62-63(80(16,17)42-41-79(62,14)15)50-70(66)84(56-32-33-60-61(46-56)78(12,13)40-39-77(60,10)11)71-47-57(48-72(85)73(71)83)86-68-35-30-54(75(4,5)6)44-64(68)81(18)38-37-52-27-23-24-28-59(52)82(81,86)19/h20-36,43-50H,37-42H2,1-19H3. The van der Waals surface area contributed by atoms with Crippen LogP contribution in [0.3, 0.4) is 0 Å². The molecule has 3 heterocycles. The minimum atomic E-state index is -0.433. The van der Waals surface area contributed by atoms with Crippen LogP contribution >= 0.6 is 0 Å². The first-order valence-corrected chi connectivity index (χ1v) is 32.7. The number of aryl methyl sites for hydroxylation is 1. The van der Waals surface area contributed by atoms with Gasteiger partial charge in [0.05, 0.1) is 11.2 Å². The molecule has 0 fully saturated rings. The Labute approximate surface area is 517 Å². The number of fused-ring (bicyclic) bond motifs is 11. The summed E-state index contributed by atoms with van der Waals surface area (Å²) in [6, 6.07) is 61.8. The van der Waals surface area contributed by atoms with Gasteiger partial charge < -0.3 is 14.7 Å². The molecule has 14 rings (SSSR count). The lowest BCUT2D eigenvalue weighted by molar-refractivity contribution is 0.245. The van der Waals surface area contributed by atoms with Crippen LogP contribution < -0.4 is 31.1 Å². The third-order valence-corrected chi connectivity index (χ3v) is 23.1. The maximum Gasteiger partial charge on any atom is 0.252 e. The summed E-state index contributed by atoms with van der Waals surface area (Å²) in [6.07, 6.45) is 6.74. The van der Waals surface area contributed by atoms with Crippen LogP contribution in [0.2, 0.25) is 0 Å². The van der Waals surface area contributed by atoms with Crippen molar-refractivity contribution in [1.29, 1.82) is 0 Å². The molecule has 2 atom stereocenters. The molecule has 0 aromatic heterocycles. The lowest BCUT2D eigenvalue weighted by Crippen LogP contribution is -2.62. The summed E-state index contributed by atoms with van der Waals surface area (Å²) in [7, 11) is 0. The Hall–Kier alpha value is -6.78. The smallest absolute Gasteiger partial charge is 0.252 e. The van der Waals surface area contributed by atoms with Crippen molar-refractivity contribution in [2.75, 3.05) is 14.7 Å². The van der Waals surface area contributed by atoms with Crippen molar-refractivity contribution in [1.82, 2.24) is 0 Å². The zero-order chi connectivity index (χ0) is 61.0. The topological polar surface area (TPSA) is 9.72 Å². The average Bonchev–Trinajstić information content (AvgIpc) is 1.30. The van der Waals surface area contributed by atoms with Crippen molar-refractivity contribution >= 4 is 68.6 Å². The maximum atomic E-state index is 2.85. The van der Waals surface area contributed by atoms with E-state index in [9.17, 15) is 0 Å². The molecular weight excluding hydrogens is 1040 g/mol. The maximum absolute atomic E-state index is 2.85. The largest absolute Gasteiger partial charge is 0.330 e. The van der Waals surface area contributed by atoms with Gasteiger partial charge >= 0.3 is 0 Å². The van der Waals surface area contributed by atoms with E-state index in [0.29, 0.717) is 0 Å². The van der Waals surface area contributed by atoms with Gasteiger partial charge in [-0.2, -0.15) is 0 Å². The van der Waals surface area contributed by atoms with Crippen molar-refractivity contribution in [2.45, 2.75) is 219 Å². The summed E-state index contributed by atoms with van der Waals surface area (Å²) >= 11 is 0. The van der Waals surface area contributed by atoms with E-state index < -0.39 is 5.54 Å². The van der Waals surface area contributed by atoms with Gasteiger partial charge in [-0.25, -0.2) is 0 Å². The van der Waals surface area contributed by atoms with Crippen LogP contribution in [0, 0.1) is 0 Å². The molecule has 3 nitrogen and oxygen atoms in total. The number of nitrogens with zero attached hydrogens (tertiary/aromatic N) is 3. The summed E-state index contributed by atoms with van der Waals surface area (Å²) in [6.45, 7) is 46.6. The minimum Gasteiger partial charge on any atom is -0.330 e. The molecule has 86 heavy (non-hydrogen) atoms. The van der Waals surface area contributed by atoms with E-state index in [1.54, 1.807) is 0 Å². The third kappa shape index (κ3) is 8.25. The minimum absolute atomic E-state index is 0.00363. The van der Waals surface area contributed by atoms with E-state index in [0.717, 1.165) is 32.1 Å². The molecule has 8 aromatic carbocycles. The molecule has 440 valence electrons. The van der Waals surface area contributed by atoms with Gasteiger partial charge in [-0.1, -0.05) is 222 Å². The highest BCUT2D eigenvalue weighted by molar-refractivity contribution is 7.00. The zero-order valence-electron chi connectivity index (χ0n) is 55.6. The van der Waals surface area contributed by atoms with Crippen molar-refractivity contribution < 1.29 is 0 Å². The molecule has 0 radical (unpaired) electrons. The van der Waals surface area contributed by atoms with Crippen molar-refractivity contribution in [2.24, 2.45) is 0 Å². The molecule has 0 saturated carbocycles. The van der Waals surface area contributed by atoms with Gasteiger partial charge in [-0.3, -0.25) is 0 Å². The first kappa shape index (κ1) is 57.0. The molecule has 0 bridgehead atoms. The highest BCUT2D eigenvalue weighted by atomic mass is 15.3. The molecule has 4 heteroatoms. The molecule has 6 aliphatic rings. The number of hydrogen-bond acceptors (Lipinski definition) is 3. The van der Waals surface area contributed by atoms with Crippen molar-refractivity contribution in [3.8, 4) is 11.1 Å². The van der Waals surface area contributed by atoms with Crippen LogP contribution in [0.5, 0.6) is 0 Å². The van der Waals surface area contributed by atoms with Gasteiger partial charge in [0.15, 0.2) is 0 Å². The number of benzene rings is 8. The molecule has 0 spiro atoms. The van der Waals surface area contributed by atoms with Crippen LogP contribution in [-0.2, 0) is 55.3 Å². The van der Waals surface area contributed by atoms with Gasteiger partial charge in [0, 0.05) is 50.8 Å². The van der Waals surface area contributed by atoms with Crippen molar-refractivity contribution in [3.63, 3.8) is 0 Å². The summed E-state index contributed by atoms with van der Waals surface area (Å²) < 4.78 is 0. The van der Waals surface area contributed by atoms with Gasteiger partial charge in [-0.05, 0) is 216 Å². The molecule has 0 amide bonds. The third-order valence-electron chi connectivity index (χ3n) is 23.1. The molecule has 8 aromatic rings. The summed E-state index contributed by atoms with van der Waals surface area (Å²) in [5.41, 5.74) is 30.4. The summed E-state index contributed by atoms with van der Waals surface area (Å²) in [5.74, 6) is 0. The number of rotatable bonds is 4. The Morgan fingerprint density at radius 3 is 1.50 bits per heavy atom. The lowest BCUT2D eigenvalue weighted by Gasteiger charge is -2.52. The monoisotopic (exact) mass is 1130 g/mol. The Morgan fingerprint density at radius 1 is 0.360 bits per heavy atom. The van der Waals surface area contributed by atoms with Crippen molar-refractivity contribution in [3.05, 3.63) is 207 Å².